The third kappa shape index (κ3) is 2.55. The summed E-state index contributed by atoms with van der Waals surface area (Å²) in [5.41, 5.74) is 4.23. The first kappa shape index (κ1) is 14.5. The second-order valence-corrected chi connectivity index (χ2v) is 5.42. The highest BCUT2D eigenvalue weighted by Crippen LogP contribution is 2.28. The third-order valence-electron chi connectivity index (χ3n) is 3.94. The number of fused-ring (bicyclic) bond motifs is 1. The lowest BCUT2D eigenvalue weighted by Crippen LogP contribution is -2.08. The van der Waals surface area contributed by atoms with Crippen molar-refractivity contribution in [2.24, 2.45) is 0 Å². The van der Waals surface area contributed by atoms with Gasteiger partial charge in [-0.05, 0) is 30.5 Å². The van der Waals surface area contributed by atoms with Gasteiger partial charge in [-0.2, -0.15) is 5.10 Å². The lowest BCUT2D eigenvalue weighted by atomic mass is 10.1. The van der Waals surface area contributed by atoms with Crippen molar-refractivity contribution in [1.82, 2.24) is 15.1 Å². The SMILES string of the molecule is CCn1nc(C)c([N+](=O)[O-])c1NCc1ccc2c(c1)CNC2. The summed E-state index contributed by atoms with van der Waals surface area (Å²) in [5, 5.41) is 22.0. The van der Waals surface area contributed by atoms with Crippen molar-refractivity contribution < 1.29 is 4.92 Å². The molecule has 0 fully saturated rings. The number of hydrogen-bond acceptors (Lipinski definition) is 5. The predicted octanol–water partition coefficient (Wildman–Crippen LogP) is 2.33. The molecule has 0 amide bonds. The topological polar surface area (TPSA) is 85.0 Å². The largest absolute Gasteiger partial charge is 0.360 e. The smallest absolute Gasteiger partial charge is 0.333 e. The molecule has 1 aromatic heterocycles. The second-order valence-electron chi connectivity index (χ2n) is 5.42. The van der Waals surface area contributed by atoms with Crippen LogP contribution in [0.25, 0.3) is 0 Å². The molecule has 1 aliphatic heterocycles. The van der Waals surface area contributed by atoms with Gasteiger partial charge in [0, 0.05) is 26.2 Å². The molecule has 0 saturated heterocycles. The Morgan fingerprint density at radius 2 is 2.18 bits per heavy atom. The summed E-state index contributed by atoms with van der Waals surface area (Å²) in [6, 6.07) is 6.32. The normalized spacial score (nSPS) is 13.2. The van der Waals surface area contributed by atoms with Crippen LogP contribution in [0.2, 0.25) is 0 Å². The van der Waals surface area contributed by atoms with Gasteiger partial charge in [0.05, 0.1) is 4.92 Å². The number of anilines is 1. The van der Waals surface area contributed by atoms with Gasteiger partial charge in [-0.15, -0.1) is 0 Å². The van der Waals surface area contributed by atoms with E-state index >= 15 is 0 Å². The van der Waals surface area contributed by atoms with Gasteiger partial charge >= 0.3 is 5.69 Å². The molecule has 7 nitrogen and oxygen atoms in total. The molecule has 2 heterocycles. The Bertz CT molecular complexity index is 723. The van der Waals surface area contributed by atoms with Crippen LogP contribution < -0.4 is 10.6 Å². The number of rotatable bonds is 5. The fourth-order valence-electron chi connectivity index (χ4n) is 2.84. The van der Waals surface area contributed by atoms with Crippen molar-refractivity contribution in [1.29, 1.82) is 0 Å². The number of aryl methyl sites for hydroxylation is 2. The fourth-order valence-corrected chi connectivity index (χ4v) is 2.84. The van der Waals surface area contributed by atoms with Gasteiger partial charge in [0.2, 0.25) is 5.82 Å². The molecule has 0 bridgehead atoms. The highest BCUT2D eigenvalue weighted by molar-refractivity contribution is 5.59. The van der Waals surface area contributed by atoms with E-state index in [9.17, 15) is 10.1 Å². The minimum absolute atomic E-state index is 0.0599. The maximum absolute atomic E-state index is 11.2. The van der Waals surface area contributed by atoms with E-state index in [0.717, 1.165) is 18.7 Å². The Kier molecular flexibility index (Phi) is 3.81. The fraction of sp³-hybridized carbons (Fsp3) is 0.400. The van der Waals surface area contributed by atoms with Gasteiger partial charge in [-0.1, -0.05) is 18.2 Å². The van der Waals surface area contributed by atoms with E-state index in [4.69, 9.17) is 0 Å². The molecule has 0 unspecified atom stereocenters. The monoisotopic (exact) mass is 301 g/mol. The summed E-state index contributed by atoms with van der Waals surface area (Å²) in [4.78, 5) is 10.9. The minimum Gasteiger partial charge on any atom is -0.360 e. The van der Waals surface area contributed by atoms with Crippen LogP contribution in [0.3, 0.4) is 0 Å². The number of aromatic nitrogens is 2. The van der Waals surface area contributed by atoms with Crippen LogP contribution in [0.4, 0.5) is 11.5 Å². The predicted molar refractivity (Wildman–Crippen MR) is 83.6 cm³/mol. The Hall–Kier alpha value is -2.41. The zero-order valence-corrected chi connectivity index (χ0v) is 12.7. The van der Waals surface area contributed by atoms with Crippen molar-refractivity contribution in [2.45, 2.75) is 40.0 Å². The van der Waals surface area contributed by atoms with Crippen LogP contribution >= 0.6 is 0 Å². The van der Waals surface area contributed by atoms with E-state index in [2.05, 4.69) is 33.9 Å². The van der Waals surface area contributed by atoms with Gasteiger partial charge in [-0.25, -0.2) is 4.68 Å². The summed E-state index contributed by atoms with van der Waals surface area (Å²) >= 11 is 0. The minimum atomic E-state index is -0.372. The highest BCUT2D eigenvalue weighted by atomic mass is 16.6. The Balaban J connectivity index is 1.83. The Labute approximate surface area is 128 Å². The van der Waals surface area contributed by atoms with E-state index in [0.29, 0.717) is 24.6 Å². The number of nitro groups is 1. The van der Waals surface area contributed by atoms with Crippen LogP contribution in [-0.4, -0.2) is 14.7 Å². The van der Waals surface area contributed by atoms with E-state index < -0.39 is 0 Å². The van der Waals surface area contributed by atoms with Crippen LogP contribution in [0.1, 0.15) is 29.3 Å². The first-order valence-electron chi connectivity index (χ1n) is 7.37. The second kappa shape index (κ2) is 5.76. The van der Waals surface area contributed by atoms with Gasteiger partial charge < -0.3 is 10.6 Å². The van der Waals surface area contributed by atoms with Gasteiger partial charge in [-0.3, -0.25) is 10.1 Å². The molecule has 22 heavy (non-hydrogen) atoms. The quantitative estimate of drug-likeness (QED) is 0.654. The van der Waals surface area contributed by atoms with Crippen LogP contribution in [0.15, 0.2) is 18.2 Å². The van der Waals surface area contributed by atoms with Gasteiger partial charge in [0.25, 0.3) is 0 Å². The molecule has 3 rings (SSSR count). The summed E-state index contributed by atoms with van der Waals surface area (Å²) in [6.07, 6.45) is 0. The molecule has 0 saturated carbocycles. The lowest BCUT2D eigenvalue weighted by molar-refractivity contribution is -0.384. The zero-order chi connectivity index (χ0) is 15.7. The molecule has 0 aliphatic carbocycles. The van der Waals surface area contributed by atoms with Crippen molar-refractivity contribution in [3.63, 3.8) is 0 Å². The van der Waals surface area contributed by atoms with Crippen LogP contribution in [0, 0.1) is 17.0 Å². The average molecular weight is 301 g/mol. The maximum Gasteiger partial charge on any atom is 0.333 e. The van der Waals surface area contributed by atoms with Crippen molar-refractivity contribution in [3.8, 4) is 0 Å². The Morgan fingerprint density at radius 1 is 1.41 bits per heavy atom. The van der Waals surface area contributed by atoms with Crippen LogP contribution in [0.5, 0.6) is 0 Å². The standard InChI is InChI=1S/C15H19N5O2/c1-3-19-15(14(20(21)22)10(2)18-19)17-7-11-4-5-12-8-16-9-13(12)6-11/h4-6,16-17H,3,7-9H2,1-2H3. The van der Waals surface area contributed by atoms with Crippen molar-refractivity contribution in [2.75, 3.05) is 5.32 Å². The summed E-state index contributed by atoms with van der Waals surface area (Å²) < 4.78 is 1.64. The number of benzene rings is 1. The molecule has 7 heteroatoms. The number of hydrogen-bond donors (Lipinski definition) is 2. The Morgan fingerprint density at radius 3 is 2.91 bits per heavy atom. The molecule has 0 atom stereocenters. The molecular formula is C15H19N5O2. The molecule has 0 radical (unpaired) electrons. The van der Waals surface area contributed by atoms with Crippen LogP contribution in [-0.2, 0) is 26.2 Å². The number of nitrogens with zero attached hydrogens (tertiary/aromatic N) is 3. The highest BCUT2D eigenvalue weighted by Gasteiger charge is 2.24. The molecule has 2 aromatic rings. The van der Waals surface area contributed by atoms with Gasteiger partial charge in [0.1, 0.15) is 5.69 Å². The van der Waals surface area contributed by atoms with E-state index in [1.807, 2.05) is 6.92 Å². The molecule has 0 spiro atoms. The summed E-state index contributed by atoms with van der Waals surface area (Å²) in [7, 11) is 0. The first-order chi connectivity index (χ1) is 10.6. The average Bonchev–Trinajstić information content (AvgIpc) is 3.07. The number of nitrogens with one attached hydrogen (secondary N) is 2. The first-order valence-corrected chi connectivity index (χ1v) is 7.37. The van der Waals surface area contributed by atoms with Crippen molar-refractivity contribution in [3.05, 3.63) is 50.7 Å². The molecule has 1 aromatic carbocycles. The van der Waals surface area contributed by atoms with E-state index in [1.165, 1.54) is 11.1 Å². The molecule has 116 valence electrons. The third-order valence-corrected chi connectivity index (χ3v) is 3.94. The molecular weight excluding hydrogens is 282 g/mol. The molecule has 2 N–H and O–H groups in total. The summed E-state index contributed by atoms with van der Waals surface area (Å²) in [6.45, 7) is 6.51. The van der Waals surface area contributed by atoms with Gasteiger partial charge in [0.15, 0.2) is 0 Å². The van der Waals surface area contributed by atoms with E-state index in [1.54, 1.807) is 11.6 Å². The van der Waals surface area contributed by atoms with Crippen molar-refractivity contribution >= 4 is 11.5 Å². The molecule has 1 aliphatic rings. The van der Waals surface area contributed by atoms with E-state index in [-0.39, 0.29) is 10.6 Å². The maximum atomic E-state index is 11.2. The lowest BCUT2D eigenvalue weighted by Gasteiger charge is -2.09. The zero-order valence-electron chi connectivity index (χ0n) is 12.7. The summed E-state index contributed by atoms with van der Waals surface area (Å²) in [5.74, 6) is 0.476.